The maximum atomic E-state index is 5.87. The van der Waals surface area contributed by atoms with Crippen molar-refractivity contribution in [1.82, 2.24) is 5.32 Å². The van der Waals surface area contributed by atoms with Crippen LogP contribution >= 0.6 is 0 Å². The van der Waals surface area contributed by atoms with Crippen molar-refractivity contribution in [1.29, 1.82) is 0 Å². The summed E-state index contributed by atoms with van der Waals surface area (Å²) in [5, 5.41) is 3.55. The van der Waals surface area contributed by atoms with E-state index in [9.17, 15) is 0 Å². The van der Waals surface area contributed by atoms with E-state index < -0.39 is 0 Å². The number of ether oxygens (including phenoxy) is 1. The summed E-state index contributed by atoms with van der Waals surface area (Å²) >= 11 is 0. The third-order valence-corrected chi connectivity index (χ3v) is 3.39. The molecule has 0 amide bonds. The summed E-state index contributed by atoms with van der Waals surface area (Å²) in [5.41, 5.74) is 0.0903. The first-order valence-electron chi connectivity index (χ1n) is 5.26. The Kier molecular flexibility index (Phi) is 2.37. The van der Waals surface area contributed by atoms with Crippen molar-refractivity contribution in [3.8, 4) is 0 Å². The lowest BCUT2D eigenvalue weighted by atomic mass is 9.80. The van der Waals surface area contributed by atoms with Crippen LogP contribution in [0.25, 0.3) is 0 Å². The molecule has 2 atom stereocenters. The molecule has 1 N–H and O–H groups in total. The fraction of sp³-hybridized carbons (Fsp3) is 1.00. The van der Waals surface area contributed by atoms with Gasteiger partial charge in [0.1, 0.15) is 5.72 Å². The standard InChI is InChI=1S/C10H19NO/c1-2-9-5-3-4-6-10(9)11-7-8-12-10/h9,11H,2-8H2,1H3/t9-,10-/m0/s1. The van der Waals surface area contributed by atoms with E-state index in [2.05, 4.69) is 12.2 Å². The highest BCUT2D eigenvalue weighted by molar-refractivity contribution is 4.91. The molecule has 2 nitrogen and oxygen atoms in total. The van der Waals surface area contributed by atoms with Gasteiger partial charge in [-0.1, -0.05) is 13.3 Å². The van der Waals surface area contributed by atoms with E-state index in [-0.39, 0.29) is 5.72 Å². The smallest absolute Gasteiger partial charge is 0.122 e. The molecule has 12 heavy (non-hydrogen) atoms. The lowest BCUT2D eigenvalue weighted by Crippen LogP contribution is -2.49. The van der Waals surface area contributed by atoms with Gasteiger partial charge in [-0.2, -0.15) is 0 Å². The molecule has 2 fully saturated rings. The van der Waals surface area contributed by atoms with Crippen molar-refractivity contribution in [3.63, 3.8) is 0 Å². The lowest BCUT2D eigenvalue weighted by Gasteiger charge is -2.40. The van der Waals surface area contributed by atoms with Crippen LogP contribution in [0.15, 0.2) is 0 Å². The Bertz CT molecular complexity index is 152. The van der Waals surface area contributed by atoms with Crippen LogP contribution in [0.5, 0.6) is 0 Å². The van der Waals surface area contributed by atoms with E-state index in [0.717, 1.165) is 19.1 Å². The molecule has 1 heterocycles. The molecule has 0 radical (unpaired) electrons. The van der Waals surface area contributed by atoms with Crippen LogP contribution in [0.1, 0.15) is 39.0 Å². The molecule has 2 heteroatoms. The summed E-state index contributed by atoms with van der Waals surface area (Å²) in [7, 11) is 0. The van der Waals surface area contributed by atoms with Crippen LogP contribution in [0, 0.1) is 5.92 Å². The van der Waals surface area contributed by atoms with Gasteiger partial charge >= 0.3 is 0 Å². The van der Waals surface area contributed by atoms with Gasteiger partial charge in [-0.15, -0.1) is 0 Å². The minimum absolute atomic E-state index is 0.0903. The monoisotopic (exact) mass is 169 g/mol. The summed E-state index contributed by atoms with van der Waals surface area (Å²) < 4.78 is 5.87. The predicted octanol–water partition coefficient (Wildman–Crippen LogP) is 1.90. The van der Waals surface area contributed by atoms with E-state index in [4.69, 9.17) is 4.74 Å². The van der Waals surface area contributed by atoms with Crippen molar-refractivity contribution < 1.29 is 4.74 Å². The average molecular weight is 169 g/mol. The van der Waals surface area contributed by atoms with Gasteiger partial charge in [-0.25, -0.2) is 0 Å². The van der Waals surface area contributed by atoms with Crippen LogP contribution < -0.4 is 5.32 Å². The van der Waals surface area contributed by atoms with Crippen LogP contribution in [0.2, 0.25) is 0 Å². The highest BCUT2D eigenvalue weighted by atomic mass is 16.5. The molecule has 0 aromatic rings. The van der Waals surface area contributed by atoms with Gasteiger partial charge in [0.05, 0.1) is 6.61 Å². The molecule has 1 aliphatic heterocycles. The van der Waals surface area contributed by atoms with Crippen molar-refractivity contribution >= 4 is 0 Å². The van der Waals surface area contributed by atoms with E-state index in [0.29, 0.717) is 0 Å². The lowest BCUT2D eigenvalue weighted by molar-refractivity contribution is -0.0837. The fourth-order valence-electron chi connectivity index (χ4n) is 2.72. The SMILES string of the molecule is CC[C@H]1CCCC[C@@]12NCCO2. The average Bonchev–Trinajstić information content (AvgIpc) is 2.55. The molecular formula is C10H19NO. The Morgan fingerprint density at radius 3 is 3.08 bits per heavy atom. The quantitative estimate of drug-likeness (QED) is 0.647. The third-order valence-electron chi connectivity index (χ3n) is 3.39. The third kappa shape index (κ3) is 1.27. The minimum Gasteiger partial charge on any atom is -0.359 e. The summed E-state index contributed by atoms with van der Waals surface area (Å²) in [4.78, 5) is 0. The molecule has 0 unspecified atom stereocenters. The minimum atomic E-state index is 0.0903. The predicted molar refractivity (Wildman–Crippen MR) is 48.9 cm³/mol. The number of nitrogens with one attached hydrogen (secondary N) is 1. The fourth-order valence-corrected chi connectivity index (χ4v) is 2.72. The van der Waals surface area contributed by atoms with Gasteiger partial charge in [0.2, 0.25) is 0 Å². The van der Waals surface area contributed by atoms with Crippen LogP contribution in [0.3, 0.4) is 0 Å². The van der Waals surface area contributed by atoms with E-state index in [1.807, 2.05) is 0 Å². The first-order valence-corrected chi connectivity index (χ1v) is 5.26. The second kappa shape index (κ2) is 3.35. The van der Waals surface area contributed by atoms with Crippen LogP contribution in [-0.2, 0) is 4.74 Å². The Balaban J connectivity index is 2.07. The summed E-state index contributed by atoms with van der Waals surface area (Å²) in [6.45, 7) is 4.24. The largest absolute Gasteiger partial charge is 0.359 e. The van der Waals surface area contributed by atoms with Gasteiger partial charge in [-0.05, 0) is 25.7 Å². The van der Waals surface area contributed by atoms with Gasteiger partial charge in [0.15, 0.2) is 0 Å². The first kappa shape index (κ1) is 8.52. The molecule has 1 saturated heterocycles. The van der Waals surface area contributed by atoms with Crippen LogP contribution in [0.4, 0.5) is 0 Å². The van der Waals surface area contributed by atoms with Crippen LogP contribution in [-0.4, -0.2) is 18.9 Å². The zero-order valence-electron chi connectivity index (χ0n) is 7.94. The molecule has 1 spiro atoms. The van der Waals surface area contributed by atoms with Crippen molar-refractivity contribution in [3.05, 3.63) is 0 Å². The van der Waals surface area contributed by atoms with Gasteiger partial charge < -0.3 is 4.74 Å². The van der Waals surface area contributed by atoms with Crippen molar-refractivity contribution in [2.75, 3.05) is 13.2 Å². The Labute approximate surface area is 74.7 Å². The van der Waals surface area contributed by atoms with Crippen molar-refractivity contribution in [2.24, 2.45) is 5.92 Å². The normalized spacial score (nSPS) is 42.2. The molecule has 2 rings (SSSR count). The van der Waals surface area contributed by atoms with E-state index in [1.54, 1.807) is 0 Å². The van der Waals surface area contributed by atoms with E-state index >= 15 is 0 Å². The maximum Gasteiger partial charge on any atom is 0.122 e. The topological polar surface area (TPSA) is 21.3 Å². The summed E-state index contributed by atoms with van der Waals surface area (Å²) in [6, 6.07) is 0. The second-order valence-electron chi connectivity index (χ2n) is 4.02. The number of hydrogen-bond acceptors (Lipinski definition) is 2. The first-order chi connectivity index (χ1) is 5.87. The summed E-state index contributed by atoms with van der Waals surface area (Å²) in [6.07, 6.45) is 6.57. The molecular weight excluding hydrogens is 150 g/mol. The zero-order chi connectivity index (χ0) is 8.44. The maximum absolute atomic E-state index is 5.87. The van der Waals surface area contributed by atoms with E-state index in [1.165, 1.54) is 32.1 Å². The molecule has 1 saturated carbocycles. The van der Waals surface area contributed by atoms with Gasteiger partial charge in [0, 0.05) is 12.5 Å². The Hall–Kier alpha value is -0.0800. The molecule has 0 bridgehead atoms. The Morgan fingerprint density at radius 1 is 1.50 bits per heavy atom. The highest BCUT2D eigenvalue weighted by Gasteiger charge is 2.42. The molecule has 70 valence electrons. The second-order valence-corrected chi connectivity index (χ2v) is 4.02. The molecule has 0 aromatic carbocycles. The number of hydrogen-bond donors (Lipinski definition) is 1. The molecule has 2 aliphatic rings. The molecule has 0 aromatic heterocycles. The van der Waals surface area contributed by atoms with Crippen molar-refractivity contribution in [2.45, 2.75) is 44.8 Å². The van der Waals surface area contributed by atoms with Gasteiger partial charge in [0.25, 0.3) is 0 Å². The Morgan fingerprint density at radius 2 is 2.42 bits per heavy atom. The highest BCUT2D eigenvalue weighted by Crippen LogP contribution is 2.38. The number of rotatable bonds is 1. The summed E-state index contributed by atoms with van der Waals surface area (Å²) in [5.74, 6) is 0.758. The molecule has 1 aliphatic carbocycles. The van der Waals surface area contributed by atoms with Gasteiger partial charge in [-0.3, -0.25) is 5.32 Å². The zero-order valence-corrected chi connectivity index (χ0v) is 7.94.